The van der Waals surface area contributed by atoms with Crippen LogP contribution in [-0.4, -0.2) is 82.4 Å². The van der Waals surface area contributed by atoms with Crippen molar-refractivity contribution >= 4 is 5.97 Å². The van der Waals surface area contributed by atoms with E-state index in [9.17, 15) is 115 Å². The maximum atomic E-state index is 13.8. The average Bonchev–Trinajstić information content (AvgIpc) is 2.81. The first-order valence-electron chi connectivity index (χ1n) is 10.2. The number of hydrogen-bond donors (Lipinski definition) is 1. The van der Waals surface area contributed by atoms with Crippen molar-refractivity contribution in [3.63, 3.8) is 0 Å². The van der Waals surface area contributed by atoms with Gasteiger partial charge in [-0.15, -0.1) is 0 Å². The Morgan fingerprint density at radius 1 is 0.422 bits per heavy atom. The SMILES string of the molecule is C=C(CCCC(F)(F)C(F)(F)C(F)(F)C(F)(F)C(F)(F)C(F)(F)C(F)(F)C(F)(F)C(F)(F)C(F)(F)C(F)(F)C(F)(F)F)C(=O)O. The summed E-state index contributed by atoms with van der Waals surface area (Å²) in [6, 6.07) is 0. The van der Waals surface area contributed by atoms with E-state index in [1.54, 1.807) is 0 Å². The van der Waals surface area contributed by atoms with Crippen LogP contribution in [0.25, 0.3) is 0 Å². The van der Waals surface area contributed by atoms with Gasteiger partial charge < -0.3 is 5.11 Å². The molecule has 0 aromatic rings. The highest BCUT2D eigenvalue weighted by Crippen LogP contribution is 2.67. The van der Waals surface area contributed by atoms with E-state index in [2.05, 4.69) is 6.58 Å². The number of alkyl halides is 25. The first-order chi connectivity index (χ1) is 19.1. The van der Waals surface area contributed by atoms with Crippen LogP contribution in [0, 0.1) is 0 Å². The molecule has 0 heterocycles. The zero-order valence-corrected chi connectivity index (χ0v) is 20.1. The highest BCUT2D eigenvalue weighted by Gasteiger charge is 2.99. The van der Waals surface area contributed by atoms with Crippen molar-refractivity contribution in [2.45, 2.75) is 90.6 Å². The molecule has 0 amide bonds. The lowest BCUT2D eigenvalue weighted by atomic mass is 9.84. The number of carbonyl (C=O) groups is 1. The number of hydrogen-bond acceptors (Lipinski definition) is 1. The smallest absolute Gasteiger partial charge is 0.460 e. The summed E-state index contributed by atoms with van der Waals surface area (Å²) < 4.78 is 334. The van der Waals surface area contributed by atoms with E-state index in [1.807, 2.05) is 0 Å². The molecule has 0 fully saturated rings. The quantitative estimate of drug-likeness (QED) is 0.135. The minimum absolute atomic E-state index is 1.20. The summed E-state index contributed by atoms with van der Waals surface area (Å²) in [5.41, 5.74) is -1.20. The number of rotatable bonds is 15. The molecule has 0 saturated carbocycles. The molecule has 0 saturated heterocycles. The zero-order chi connectivity index (χ0) is 37.3. The van der Waals surface area contributed by atoms with Crippen molar-refractivity contribution in [1.82, 2.24) is 0 Å². The Bertz CT molecular complexity index is 1110. The number of aliphatic carboxylic acids is 1. The molecule has 27 heteroatoms. The van der Waals surface area contributed by atoms with Crippen molar-refractivity contribution in [2.24, 2.45) is 0 Å². The molecule has 1 N–H and O–H groups in total. The van der Waals surface area contributed by atoms with Crippen LogP contribution in [0.2, 0.25) is 0 Å². The van der Waals surface area contributed by atoms with E-state index in [0.29, 0.717) is 0 Å². The minimum atomic E-state index is -9.63. The van der Waals surface area contributed by atoms with Gasteiger partial charge in [-0.25, -0.2) is 4.79 Å². The van der Waals surface area contributed by atoms with E-state index >= 15 is 0 Å². The molecule has 2 nitrogen and oxygen atoms in total. The summed E-state index contributed by atoms with van der Waals surface area (Å²) in [6.45, 7) is 2.57. The van der Waals surface area contributed by atoms with E-state index in [4.69, 9.17) is 5.11 Å². The fraction of sp³-hybridized carbons (Fsp3) is 0.833. The van der Waals surface area contributed by atoms with Gasteiger partial charge in [0.15, 0.2) is 0 Å². The van der Waals surface area contributed by atoms with Gasteiger partial charge in [-0.05, 0) is 12.8 Å². The largest absolute Gasteiger partial charge is 0.478 e. The van der Waals surface area contributed by atoms with Crippen molar-refractivity contribution in [1.29, 1.82) is 0 Å². The first-order valence-corrected chi connectivity index (χ1v) is 10.2. The monoisotopic (exact) mass is 732 g/mol. The molecule has 0 atom stereocenters. The molecule has 0 aliphatic rings. The summed E-state index contributed by atoms with van der Waals surface area (Å²) in [7, 11) is 0. The molecule has 0 aliphatic heterocycles. The van der Waals surface area contributed by atoms with E-state index < -0.39 is 102 Å². The molecule has 0 unspecified atom stereocenters. The first kappa shape index (κ1) is 42.5. The summed E-state index contributed by atoms with van der Waals surface area (Å²) >= 11 is 0. The van der Waals surface area contributed by atoms with Crippen LogP contribution in [0.5, 0.6) is 0 Å². The van der Waals surface area contributed by atoms with Crippen molar-refractivity contribution in [2.75, 3.05) is 0 Å². The maximum absolute atomic E-state index is 13.8. The second kappa shape index (κ2) is 11.0. The summed E-state index contributed by atoms with van der Waals surface area (Å²) in [5.74, 6) is -101. The maximum Gasteiger partial charge on any atom is 0.460 e. The lowest BCUT2D eigenvalue weighted by Crippen LogP contribution is -2.78. The lowest BCUT2D eigenvalue weighted by Gasteiger charge is -2.45. The van der Waals surface area contributed by atoms with Crippen LogP contribution >= 0.6 is 0 Å². The van der Waals surface area contributed by atoms with Gasteiger partial charge in [0.25, 0.3) is 0 Å². The fourth-order valence-electron chi connectivity index (χ4n) is 2.77. The predicted octanol–water partition coefficient (Wildman–Crippen LogP) is 9.35. The molecule has 0 rings (SSSR count). The molecule has 0 bridgehead atoms. The van der Waals surface area contributed by atoms with Gasteiger partial charge >= 0.3 is 77.3 Å². The standard InChI is InChI=1S/C18H9F25O2/c1-5(6(44)45)3-2-4-7(19,20)8(21,22)9(23,24)10(25,26)11(27,28)12(29,30)13(31,32)14(33,34)15(35,36)16(37,38)17(39,40)18(41,42)43/h1-4H2,(H,44,45). The van der Waals surface area contributed by atoms with Gasteiger partial charge in [-0.1, -0.05) is 6.58 Å². The molecule has 45 heavy (non-hydrogen) atoms. The topological polar surface area (TPSA) is 37.3 Å². The Morgan fingerprint density at radius 3 is 0.867 bits per heavy atom. The molecular formula is C18H9F25O2. The zero-order valence-electron chi connectivity index (χ0n) is 20.1. The van der Waals surface area contributed by atoms with Gasteiger partial charge in [-0.2, -0.15) is 110 Å². The Morgan fingerprint density at radius 2 is 0.644 bits per heavy atom. The second-order valence-corrected chi connectivity index (χ2v) is 8.71. The molecule has 0 aromatic carbocycles. The Hall–Kier alpha value is -2.54. The van der Waals surface area contributed by atoms with E-state index in [1.165, 1.54) is 0 Å². The van der Waals surface area contributed by atoms with Crippen LogP contribution in [0.15, 0.2) is 12.2 Å². The molecule has 0 radical (unpaired) electrons. The fourth-order valence-corrected chi connectivity index (χ4v) is 2.77. The third-order valence-electron chi connectivity index (χ3n) is 5.64. The summed E-state index contributed by atoms with van der Waals surface area (Å²) in [4.78, 5) is 10.4. The Labute approximate surface area is 229 Å². The highest BCUT2D eigenvalue weighted by atomic mass is 19.4. The molecule has 0 spiro atoms. The van der Waals surface area contributed by atoms with Gasteiger partial charge in [0.1, 0.15) is 0 Å². The number of carboxylic acid groups (broad SMARTS) is 1. The third-order valence-corrected chi connectivity index (χ3v) is 5.64. The van der Waals surface area contributed by atoms with Gasteiger partial charge in [0.2, 0.25) is 0 Å². The van der Waals surface area contributed by atoms with Gasteiger partial charge in [-0.3, -0.25) is 0 Å². The van der Waals surface area contributed by atoms with Crippen LogP contribution < -0.4 is 0 Å². The summed E-state index contributed by atoms with van der Waals surface area (Å²) in [6.07, 6.45) is -14.4. The Kier molecular flexibility index (Phi) is 10.4. The average molecular weight is 732 g/mol. The second-order valence-electron chi connectivity index (χ2n) is 8.71. The van der Waals surface area contributed by atoms with Crippen LogP contribution in [0.4, 0.5) is 110 Å². The molecule has 0 aromatic heterocycles. The minimum Gasteiger partial charge on any atom is -0.478 e. The Balaban J connectivity index is 7.11. The molecule has 268 valence electrons. The van der Waals surface area contributed by atoms with Crippen LogP contribution in [0.3, 0.4) is 0 Å². The van der Waals surface area contributed by atoms with Gasteiger partial charge in [0.05, 0.1) is 0 Å². The highest BCUT2D eigenvalue weighted by molar-refractivity contribution is 5.85. The van der Waals surface area contributed by atoms with Crippen molar-refractivity contribution < 1.29 is 120 Å². The predicted molar refractivity (Wildman–Crippen MR) is 91.1 cm³/mol. The molecule has 0 aliphatic carbocycles. The van der Waals surface area contributed by atoms with Crippen molar-refractivity contribution in [3.05, 3.63) is 12.2 Å². The number of halogens is 25. The van der Waals surface area contributed by atoms with E-state index in [0.717, 1.165) is 0 Å². The summed E-state index contributed by atoms with van der Waals surface area (Å²) in [5, 5.41) is 8.37. The van der Waals surface area contributed by atoms with Crippen LogP contribution in [-0.2, 0) is 4.79 Å². The third kappa shape index (κ3) is 5.59. The number of carboxylic acids is 1. The van der Waals surface area contributed by atoms with Gasteiger partial charge in [0, 0.05) is 12.0 Å². The molecular weight excluding hydrogens is 723 g/mol. The van der Waals surface area contributed by atoms with Crippen molar-refractivity contribution in [3.8, 4) is 0 Å². The normalized spacial score (nSPS) is 16.2. The lowest BCUT2D eigenvalue weighted by molar-refractivity contribution is -0.482. The van der Waals surface area contributed by atoms with Crippen LogP contribution in [0.1, 0.15) is 19.3 Å². The van der Waals surface area contributed by atoms with E-state index in [-0.39, 0.29) is 0 Å².